The van der Waals surface area contributed by atoms with E-state index in [9.17, 15) is 13.2 Å². The van der Waals surface area contributed by atoms with Gasteiger partial charge in [-0.3, -0.25) is 4.90 Å². The van der Waals surface area contributed by atoms with E-state index in [0.29, 0.717) is 18.8 Å². The van der Waals surface area contributed by atoms with Crippen LogP contribution < -0.4 is 5.73 Å². The normalized spacial score (nSPS) is 12.1. The Bertz CT molecular complexity index is 360. The molecule has 19 heavy (non-hydrogen) atoms. The summed E-state index contributed by atoms with van der Waals surface area (Å²) in [6, 6.07) is 7.47. The Kier molecular flexibility index (Phi) is 6.15. The van der Waals surface area contributed by atoms with Gasteiger partial charge in [0.05, 0.1) is 0 Å². The van der Waals surface area contributed by atoms with Crippen molar-refractivity contribution in [2.45, 2.75) is 38.9 Å². The zero-order valence-corrected chi connectivity index (χ0v) is 11.2. The van der Waals surface area contributed by atoms with Crippen LogP contribution in [0.4, 0.5) is 18.9 Å². The molecule has 0 heterocycles. The van der Waals surface area contributed by atoms with Gasteiger partial charge in [0.25, 0.3) is 0 Å². The van der Waals surface area contributed by atoms with Gasteiger partial charge in [-0.1, -0.05) is 19.1 Å². The Morgan fingerprint density at radius 3 is 2.26 bits per heavy atom. The molecule has 2 nitrogen and oxygen atoms in total. The monoisotopic (exact) mass is 274 g/mol. The second-order valence-corrected chi connectivity index (χ2v) is 4.74. The lowest BCUT2D eigenvalue weighted by Crippen LogP contribution is -2.26. The quantitative estimate of drug-likeness (QED) is 0.766. The lowest BCUT2D eigenvalue weighted by Gasteiger charge is -2.22. The van der Waals surface area contributed by atoms with Crippen molar-refractivity contribution in [3.8, 4) is 0 Å². The van der Waals surface area contributed by atoms with Gasteiger partial charge in [-0.2, -0.15) is 13.2 Å². The number of rotatable bonds is 7. The van der Waals surface area contributed by atoms with Crippen LogP contribution in [-0.4, -0.2) is 24.2 Å². The van der Waals surface area contributed by atoms with Crippen molar-refractivity contribution in [2.24, 2.45) is 0 Å². The highest BCUT2D eigenvalue weighted by molar-refractivity contribution is 5.39. The predicted molar refractivity (Wildman–Crippen MR) is 71.7 cm³/mol. The van der Waals surface area contributed by atoms with Crippen LogP contribution in [0.1, 0.15) is 31.7 Å². The van der Waals surface area contributed by atoms with Crippen LogP contribution in [0.5, 0.6) is 0 Å². The highest BCUT2D eigenvalue weighted by Crippen LogP contribution is 2.21. The van der Waals surface area contributed by atoms with Crippen LogP contribution in [0, 0.1) is 0 Å². The molecular formula is C14H21F3N2. The van der Waals surface area contributed by atoms with E-state index in [1.54, 1.807) is 0 Å². The molecule has 5 heteroatoms. The smallest absolute Gasteiger partial charge is 0.389 e. The minimum atomic E-state index is -4.06. The van der Waals surface area contributed by atoms with E-state index >= 15 is 0 Å². The molecule has 108 valence electrons. The summed E-state index contributed by atoms with van der Waals surface area (Å²) < 4.78 is 36.4. The third-order valence-corrected chi connectivity index (χ3v) is 2.86. The van der Waals surface area contributed by atoms with Gasteiger partial charge in [0.1, 0.15) is 0 Å². The third-order valence-electron chi connectivity index (χ3n) is 2.86. The number of hydrogen-bond donors (Lipinski definition) is 1. The predicted octanol–water partition coefficient (Wildman–Crippen LogP) is 3.82. The van der Waals surface area contributed by atoms with Crippen molar-refractivity contribution in [1.82, 2.24) is 4.90 Å². The Morgan fingerprint density at radius 2 is 1.74 bits per heavy atom. The molecular weight excluding hydrogens is 253 g/mol. The highest BCUT2D eigenvalue weighted by Gasteiger charge is 2.26. The summed E-state index contributed by atoms with van der Waals surface area (Å²) in [5.74, 6) is 0. The Balaban J connectivity index is 2.45. The first-order chi connectivity index (χ1) is 8.90. The van der Waals surface area contributed by atoms with Gasteiger partial charge in [0.15, 0.2) is 0 Å². The Labute approximate surface area is 112 Å². The standard InChI is InChI=1S/C14H21F3N2/c1-2-9-19(10-3-8-14(15,16)17)11-12-4-6-13(18)7-5-12/h4-7H,2-3,8-11,18H2,1H3. The molecule has 0 unspecified atom stereocenters. The molecule has 0 aliphatic rings. The maximum Gasteiger partial charge on any atom is 0.389 e. The van der Waals surface area contributed by atoms with E-state index in [0.717, 1.165) is 18.5 Å². The molecule has 1 rings (SSSR count). The van der Waals surface area contributed by atoms with Gasteiger partial charge in [-0.25, -0.2) is 0 Å². The van der Waals surface area contributed by atoms with Crippen molar-refractivity contribution in [1.29, 1.82) is 0 Å². The summed E-state index contributed by atoms with van der Waals surface area (Å²) >= 11 is 0. The summed E-state index contributed by atoms with van der Waals surface area (Å²) in [6.07, 6.45) is -3.69. The SMILES string of the molecule is CCCN(CCCC(F)(F)F)Cc1ccc(N)cc1. The number of nitrogens with zero attached hydrogens (tertiary/aromatic N) is 1. The van der Waals surface area contributed by atoms with Gasteiger partial charge in [-0.05, 0) is 43.6 Å². The zero-order valence-electron chi connectivity index (χ0n) is 11.2. The first-order valence-electron chi connectivity index (χ1n) is 6.54. The van der Waals surface area contributed by atoms with Crippen LogP contribution in [0.25, 0.3) is 0 Å². The van der Waals surface area contributed by atoms with E-state index in [4.69, 9.17) is 5.73 Å². The number of anilines is 1. The van der Waals surface area contributed by atoms with Crippen molar-refractivity contribution >= 4 is 5.69 Å². The van der Waals surface area contributed by atoms with E-state index in [2.05, 4.69) is 4.90 Å². The number of hydrogen-bond acceptors (Lipinski definition) is 2. The molecule has 0 fully saturated rings. The zero-order chi connectivity index (χ0) is 14.3. The fourth-order valence-electron chi connectivity index (χ4n) is 1.97. The van der Waals surface area contributed by atoms with Crippen LogP contribution >= 0.6 is 0 Å². The minimum absolute atomic E-state index is 0.151. The number of nitrogen functional groups attached to an aromatic ring is 1. The molecule has 0 atom stereocenters. The third kappa shape index (κ3) is 7.06. The van der Waals surface area contributed by atoms with Gasteiger partial charge < -0.3 is 5.73 Å². The van der Waals surface area contributed by atoms with E-state index in [1.807, 2.05) is 31.2 Å². The van der Waals surface area contributed by atoms with E-state index in [-0.39, 0.29) is 6.42 Å². The summed E-state index contributed by atoms with van der Waals surface area (Å²) in [7, 11) is 0. The molecule has 0 saturated heterocycles. The summed E-state index contributed by atoms with van der Waals surface area (Å²) in [6.45, 7) is 3.98. The van der Waals surface area contributed by atoms with Gasteiger partial charge in [-0.15, -0.1) is 0 Å². The second-order valence-electron chi connectivity index (χ2n) is 4.74. The molecule has 0 amide bonds. The molecule has 0 radical (unpaired) electrons. The minimum Gasteiger partial charge on any atom is -0.399 e. The van der Waals surface area contributed by atoms with Crippen LogP contribution in [0.3, 0.4) is 0 Å². The molecule has 1 aromatic carbocycles. The highest BCUT2D eigenvalue weighted by atomic mass is 19.4. The fourth-order valence-corrected chi connectivity index (χ4v) is 1.97. The first-order valence-corrected chi connectivity index (χ1v) is 6.54. The molecule has 0 spiro atoms. The van der Waals surface area contributed by atoms with E-state index in [1.165, 1.54) is 0 Å². The lowest BCUT2D eigenvalue weighted by molar-refractivity contribution is -0.136. The van der Waals surface area contributed by atoms with Crippen molar-refractivity contribution < 1.29 is 13.2 Å². The fraction of sp³-hybridized carbons (Fsp3) is 0.571. The van der Waals surface area contributed by atoms with Crippen LogP contribution in [0.2, 0.25) is 0 Å². The average molecular weight is 274 g/mol. The molecule has 0 aliphatic carbocycles. The topological polar surface area (TPSA) is 29.3 Å². The molecule has 0 aliphatic heterocycles. The van der Waals surface area contributed by atoms with Gasteiger partial charge in [0, 0.05) is 18.7 Å². The van der Waals surface area contributed by atoms with Gasteiger partial charge >= 0.3 is 6.18 Å². The second kappa shape index (κ2) is 7.38. The van der Waals surface area contributed by atoms with Crippen LogP contribution in [-0.2, 0) is 6.54 Å². The Hall–Kier alpha value is -1.23. The van der Waals surface area contributed by atoms with Crippen LogP contribution in [0.15, 0.2) is 24.3 Å². The number of halogens is 3. The van der Waals surface area contributed by atoms with Crippen molar-refractivity contribution in [3.05, 3.63) is 29.8 Å². The molecule has 2 N–H and O–H groups in total. The maximum absolute atomic E-state index is 12.1. The van der Waals surface area contributed by atoms with Crippen molar-refractivity contribution in [3.63, 3.8) is 0 Å². The number of nitrogens with two attached hydrogens (primary N) is 1. The molecule has 0 bridgehead atoms. The maximum atomic E-state index is 12.1. The van der Waals surface area contributed by atoms with E-state index < -0.39 is 12.6 Å². The lowest BCUT2D eigenvalue weighted by atomic mass is 10.2. The molecule has 0 saturated carbocycles. The summed E-state index contributed by atoms with van der Waals surface area (Å²) in [5, 5.41) is 0. The number of benzene rings is 1. The molecule has 0 aromatic heterocycles. The Morgan fingerprint density at radius 1 is 1.11 bits per heavy atom. The average Bonchev–Trinajstić information content (AvgIpc) is 2.30. The number of alkyl halides is 3. The van der Waals surface area contributed by atoms with Crippen molar-refractivity contribution in [2.75, 3.05) is 18.8 Å². The molecule has 1 aromatic rings. The first kappa shape index (κ1) is 15.8. The summed E-state index contributed by atoms with van der Waals surface area (Å²) in [4.78, 5) is 2.05. The largest absolute Gasteiger partial charge is 0.399 e. The summed E-state index contributed by atoms with van der Waals surface area (Å²) in [5.41, 5.74) is 7.38. The van der Waals surface area contributed by atoms with Gasteiger partial charge in [0.2, 0.25) is 0 Å².